The summed E-state index contributed by atoms with van der Waals surface area (Å²) < 4.78 is 6.31. The molecule has 26 heavy (non-hydrogen) atoms. The fourth-order valence-corrected chi connectivity index (χ4v) is 4.43. The Hall–Kier alpha value is -2.18. The number of hydrogen-bond donors (Lipinski definition) is 1. The average Bonchev–Trinajstić information content (AvgIpc) is 3.22. The quantitative estimate of drug-likeness (QED) is 0.717. The fourth-order valence-electron chi connectivity index (χ4n) is 3.44. The predicted octanol–water partition coefficient (Wildman–Crippen LogP) is 4.52. The molecule has 5 nitrogen and oxygen atoms in total. The van der Waals surface area contributed by atoms with Crippen LogP contribution in [0.4, 0.5) is 11.5 Å². The number of nitrogens with zero attached hydrogens (tertiary/aromatic N) is 3. The summed E-state index contributed by atoms with van der Waals surface area (Å²) >= 11 is 1.71. The van der Waals surface area contributed by atoms with E-state index in [0.29, 0.717) is 0 Å². The van der Waals surface area contributed by atoms with Crippen LogP contribution in [0, 0.1) is 13.8 Å². The van der Waals surface area contributed by atoms with Crippen LogP contribution in [0.15, 0.2) is 30.6 Å². The third-order valence-electron chi connectivity index (χ3n) is 5.08. The van der Waals surface area contributed by atoms with Crippen molar-refractivity contribution in [3.8, 4) is 5.75 Å². The van der Waals surface area contributed by atoms with Crippen molar-refractivity contribution in [2.45, 2.75) is 33.3 Å². The van der Waals surface area contributed by atoms with Crippen LogP contribution >= 0.6 is 11.3 Å². The molecule has 1 aromatic carbocycles. The Kier molecular flexibility index (Phi) is 4.78. The topological polar surface area (TPSA) is 50.3 Å². The van der Waals surface area contributed by atoms with Gasteiger partial charge in [0.2, 0.25) is 0 Å². The highest BCUT2D eigenvalue weighted by Gasteiger charge is 2.23. The van der Waals surface area contributed by atoms with E-state index in [4.69, 9.17) is 4.74 Å². The Morgan fingerprint density at radius 3 is 2.92 bits per heavy atom. The second-order valence-corrected chi connectivity index (χ2v) is 7.93. The summed E-state index contributed by atoms with van der Waals surface area (Å²) in [5, 5.41) is 4.59. The van der Waals surface area contributed by atoms with Crippen LogP contribution in [0.2, 0.25) is 0 Å². The van der Waals surface area contributed by atoms with E-state index in [9.17, 15) is 0 Å². The second kappa shape index (κ2) is 7.21. The Bertz CT molecular complexity index is 923. The maximum atomic E-state index is 6.31. The molecule has 0 saturated carbocycles. The lowest BCUT2D eigenvalue weighted by Crippen LogP contribution is -2.24. The number of ether oxygens (including phenoxy) is 1. The molecule has 3 aromatic rings. The van der Waals surface area contributed by atoms with Crippen LogP contribution in [0.25, 0.3) is 10.2 Å². The monoisotopic (exact) mass is 368 g/mol. The number of thiophene rings is 1. The van der Waals surface area contributed by atoms with Crippen LogP contribution in [-0.4, -0.2) is 40.6 Å². The molecule has 1 atom stereocenters. The standard InChI is InChI=1S/C20H24N4OS/c1-4-24-10-9-15(11-24)25-17-8-6-5-7-16(17)23-19-18-13(2)14(3)26-20(18)22-12-21-19/h5-8,12,15H,4,9-11H2,1-3H3,(H,21,22,23). The van der Waals surface area contributed by atoms with Crippen molar-refractivity contribution in [2.24, 2.45) is 0 Å². The van der Waals surface area contributed by atoms with Gasteiger partial charge in [0.25, 0.3) is 0 Å². The Balaban J connectivity index is 1.62. The van der Waals surface area contributed by atoms with Crippen molar-refractivity contribution in [2.75, 3.05) is 25.0 Å². The number of aromatic nitrogens is 2. The molecule has 1 unspecified atom stereocenters. The molecule has 1 fully saturated rings. The number of anilines is 2. The zero-order valence-corrected chi connectivity index (χ0v) is 16.3. The van der Waals surface area contributed by atoms with Gasteiger partial charge in [0.15, 0.2) is 0 Å². The fraction of sp³-hybridized carbons (Fsp3) is 0.400. The first-order valence-electron chi connectivity index (χ1n) is 9.11. The van der Waals surface area contributed by atoms with E-state index in [-0.39, 0.29) is 6.10 Å². The second-order valence-electron chi connectivity index (χ2n) is 6.73. The summed E-state index contributed by atoms with van der Waals surface area (Å²) in [6, 6.07) is 8.11. The average molecular weight is 369 g/mol. The van der Waals surface area contributed by atoms with Gasteiger partial charge in [-0.2, -0.15) is 0 Å². The van der Waals surface area contributed by atoms with Crippen molar-refractivity contribution >= 4 is 33.1 Å². The normalized spacial score (nSPS) is 17.7. The van der Waals surface area contributed by atoms with E-state index in [1.165, 1.54) is 10.4 Å². The summed E-state index contributed by atoms with van der Waals surface area (Å²) in [7, 11) is 0. The summed E-state index contributed by atoms with van der Waals surface area (Å²) in [4.78, 5) is 13.6. The molecule has 0 spiro atoms. The highest BCUT2D eigenvalue weighted by atomic mass is 32.1. The third kappa shape index (κ3) is 3.27. The largest absolute Gasteiger partial charge is 0.487 e. The molecule has 6 heteroatoms. The Morgan fingerprint density at radius 1 is 1.27 bits per heavy atom. The number of likely N-dealkylation sites (tertiary alicyclic amines) is 1. The van der Waals surface area contributed by atoms with Crippen LogP contribution in [0.1, 0.15) is 23.8 Å². The number of nitrogens with one attached hydrogen (secondary N) is 1. The number of likely N-dealkylation sites (N-methyl/N-ethyl adjacent to an activating group) is 1. The SMILES string of the molecule is CCN1CCC(Oc2ccccc2Nc2ncnc3sc(C)c(C)c23)C1. The van der Waals surface area contributed by atoms with Gasteiger partial charge < -0.3 is 10.1 Å². The van der Waals surface area contributed by atoms with E-state index < -0.39 is 0 Å². The number of para-hydroxylation sites is 2. The first kappa shape index (κ1) is 17.2. The Morgan fingerprint density at radius 2 is 2.12 bits per heavy atom. The first-order chi connectivity index (χ1) is 12.7. The predicted molar refractivity (Wildman–Crippen MR) is 108 cm³/mol. The van der Waals surface area contributed by atoms with Gasteiger partial charge in [0.1, 0.15) is 28.8 Å². The molecular formula is C20H24N4OS. The third-order valence-corrected chi connectivity index (χ3v) is 6.19. The molecule has 2 aromatic heterocycles. The van der Waals surface area contributed by atoms with Gasteiger partial charge in [-0.15, -0.1) is 11.3 Å². The van der Waals surface area contributed by atoms with Gasteiger partial charge in [-0.25, -0.2) is 9.97 Å². The molecule has 0 amide bonds. The summed E-state index contributed by atoms with van der Waals surface area (Å²) in [5.41, 5.74) is 2.19. The first-order valence-corrected chi connectivity index (χ1v) is 9.93. The van der Waals surface area contributed by atoms with Gasteiger partial charge in [-0.3, -0.25) is 4.90 Å². The molecule has 1 aliphatic rings. The number of fused-ring (bicyclic) bond motifs is 1. The van der Waals surface area contributed by atoms with Gasteiger partial charge in [-0.1, -0.05) is 19.1 Å². The van der Waals surface area contributed by atoms with E-state index in [1.54, 1.807) is 17.7 Å². The number of rotatable bonds is 5. The van der Waals surface area contributed by atoms with Gasteiger partial charge in [0.05, 0.1) is 11.1 Å². The minimum Gasteiger partial charge on any atom is -0.487 e. The molecule has 0 bridgehead atoms. The van der Waals surface area contributed by atoms with Crippen molar-refractivity contribution in [3.63, 3.8) is 0 Å². The van der Waals surface area contributed by atoms with Crippen LogP contribution < -0.4 is 10.1 Å². The maximum absolute atomic E-state index is 6.31. The van der Waals surface area contributed by atoms with Gasteiger partial charge >= 0.3 is 0 Å². The van der Waals surface area contributed by atoms with Crippen molar-refractivity contribution in [3.05, 3.63) is 41.0 Å². The molecule has 3 heterocycles. The molecular weight excluding hydrogens is 344 g/mol. The number of hydrogen-bond acceptors (Lipinski definition) is 6. The van der Waals surface area contributed by atoms with Crippen molar-refractivity contribution in [1.29, 1.82) is 0 Å². The minimum atomic E-state index is 0.244. The Labute approximate surface area is 158 Å². The van der Waals surface area contributed by atoms with E-state index in [1.807, 2.05) is 24.3 Å². The molecule has 1 aliphatic heterocycles. The zero-order chi connectivity index (χ0) is 18.1. The highest BCUT2D eigenvalue weighted by molar-refractivity contribution is 7.18. The molecule has 136 valence electrons. The summed E-state index contributed by atoms with van der Waals surface area (Å²) in [5.74, 6) is 1.72. The lowest BCUT2D eigenvalue weighted by Gasteiger charge is -2.18. The van der Waals surface area contributed by atoms with Crippen LogP contribution in [-0.2, 0) is 0 Å². The van der Waals surface area contributed by atoms with Crippen LogP contribution in [0.3, 0.4) is 0 Å². The van der Waals surface area contributed by atoms with Crippen molar-refractivity contribution in [1.82, 2.24) is 14.9 Å². The highest BCUT2D eigenvalue weighted by Crippen LogP contribution is 2.36. The van der Waals surface area contributed by atoms with Gasteiger partial charge in [-0.05, 0) is 44.5 Å². The lowest BCUT2D eigenvalue weighted by molar-refractivity contribution is 0.203. The lowest BCUT2D eigenvalue weighted by atomic mass is 10.2. The number of aryl methyl sites for hydroxylation is 2. The minimum absolute atomic E-state index is 0.244. The molecule has 1 N–H and O–H groups in total. The maximum Gasteiger partial charge on any atom is 0.143 e. The van der Waals surface area contributed by atoms with E-state index in [2.05, 4.69) is 41.0 Å². The van der Waals surface area contributed by atoms with Crippen molar-refractivity contribution < 1.29 is 4.74 Å². The van der Waals surface area contributed by atoms with E-state index >= 15 is 0 Å². The van der Waals surface area contributed by atoms with Gasteiger partial charge in [0, 0.05) is 18.0 Å². The zero-order valence-electron chi connectivity index (χ0n) is 15.5. The van der Waals surface area contributed by atoms with Crippen LogP contribution in [0.5, 0.6) is 5.75 Å². The summed E-state index contributed by atoms with van der Waals surface area (Å²) in [6.07, 6.45) is 2.94. The smallest absolute Gasteiger partial charge is 0.143 e. The molecule has 0 aliphatic carbocycles. The molecule has 1 saturated heterocycles. The molecule has 0 radical (unpaired) electrons. The number of benzene rings is 1. The summed E-state index contributed by atoms with van der Waals surface area (Å²) in [6.45, 7) is 9.63. The van der Waals surface area contributed by atoms with E-state index in [0.717, 1.165) is 53.5 Å². The molecule has 4 rings (SSSR count).